The van der Waals surface area contributed by atoms with E-state index in [2.05, 4.69) is 0 Å². The van der Waals surface area contributed by atoms with E-state index < -0.39 is 11.8 Å². The van der Waals surface area contributed by atoms with E-state index in [1.54, 1.807) is 7.11 Å². The molecule has 2 heterocycles. The monoisotopic (exact) mass is 298 g/mol. The molecule has 2 amide bonds. The number of carbonyl (C=O) groups excluding carboxylic acids is 2. The van der Waals surface area contributed by atoms with Gasteiger partial charge in [-0.05, 0) is 6.42 Å². The molecule has 2 rings (SSSR count). The van der Waals surface area contributed by atoms with Crippen LogP contribution in [-0.2, 0) is 4.74 Å². The lowest BCUT2D eigenvalue weighted by Gasteiger charge is -2.17. The summed E-state index contributed by atoms with van der Waals surface area (Å²) >= 11 is 1.12. The van der Waals surface area contributed by atoms with Crippen LogP contribution in [0.15, 0.2) is 0 Å². The number of ether oxygens (including phenoxy) is 1. The Bertz CT molecular complexity index is 543. The summed E-state index contributed by atoms with van der Waals surface area (Å²) in [5.41, 5.74) is 16.7. The van der Waals surface area contributed by atoms with Crippen LogP contribution in [-0.4, -0.2) is 38.6 Å². The third kappa shape index (κ3) is 2.56. The summed E-state index contributed by atoms with van der Waals surface area (Å²) in [6, 6.07) is 0. The van der Waals surface area contributed by atoms with E-state index in [0.29, 0.717) is 17.5 Å². The van der Waals surface area contributed by atoms with Crippen LogP contribution in [0.25, 0.3) is 0 Å². The molecule has 1 fully saturated rings. The molecule has 7 nitrogen and oxygen atoms in total. The Kier molecular flexibility index (Phi) is 4.15. The first-order valence-electron chi connectivity index (χ1n) is 6.21. The second-order valence-electron chi connectivity index (χ2n) is 4.81. The number of hydrogen-bond donors (Lipinski definition) is 3. The third-order valence-corrected chi connectivity index (χ3v) is 4.65. The Morgan fingerprint density at radius 3 is 2.65 bits per heavy atom. The van der Waals surface area contributed by atoms with Crippen molar-refractivity contribution in [1.82, 2.24) is 0 Å². The second-order valence-corrected chi connectivity index (χ2v) is 5.81. The van der Waals surface area contributed by atoms with Crippen molar-refractivity contribution in [2.45, 2.75) is 6.42 Å². The minimum absolute atomic E-state index is 0.0835. The van der Waals surface area contributed by atoms with E-state index >= 15 is 0 Å². The number of primary amides is 2. The number of nitrogens with zero attached hydrogens (tertiary/aromatic N) is 1. The average Bonchev–Trinajstić information content (AvgIpc) is 2.93. The van der Waals surface area contributed by atoms with Crippen LogP contribution in [0.4, 0.5) is 10.7 Å². The van der Waals surface area contributed by atoms with E-state index in [-0.39, 0.29) is 16.1 Å². The van der Waals surface area contributed by atoms with Crippen molar-refractivity contribution < 1.29 is 14.3 Å². The molecule has 0 aliphatic carbocycles. The molecule has 1 aliphatic rings. The highest BCUT2D eigenvalue weighted by atomic mass is 32.1. The smallest absolute Gasteiger partial charge is 0.260 e. The number of methoxy groups -OCH3 is 1. The van der Waals surface area contributed by atoms with E-state index in [4.69, 9.17) is 21.9 Å². The topological polar surface area (TPSA) is 125 Å². The maximum Gasteiger partial charge on any atom is 0.260 e. The van der Waals surface area contributed by atoms with Crippen molar-refractivity contribution in [3.63, 3.8) is 0 Å². The average molecular weight is 298 g/mol. The van der Waals surface area contributed by atoms with E-state index in [1.807, 2.05) is 4.90 Å². The minimum atomic E-state index is -0.645. The Morgan fingerprint density at radius 1 is 1.40 bits per heavy atom. The molecule has 0 spiro atoms. The number of nitrogens with two attached hydrogens (primary N) is 3. The highest BCUT2D eigenvalue weighted by molar-refractivity contribution is 7.19. The van der Waals surface area contributed by atoms with Crippen LogP contribution < -0.4 is 22.1 Å². The molecular formula is C12H18N4O3S. The molecule has 8 heteroatoms. The molecule has 6 N–H and O–H groups in total. The Hall–Kier alpha value is -1.80. The molecule has 1 atom stereocenters. The number of amides is 2. The molecule has 1 unspecified atom stereocenters. The van der Waals surface area contributed by atoms with Gasteiger partial charge in [0.15, 0.2) is 0 Å². The molecular weight excluding hydrogens is 280 g/mol. The van der Waals surface area contributed by atoms with Crippen molar-refractivity contribution in [2.24, 2.45) is 17.4 Å². The van der Waals surface area contributed by atoms with Gasteiger partial charge in [-0.15, -0.1) is 11.3 Å². The second kappa shape index (κ2) is 5.68. The Balaban J connectivity index is 2.34. The van der Waals surface area contributed by atoms with Gasteiger partial charge in [-0.2, -0.15) is 0 Å². The van der Waals surface area contributed by atoms with Gasteiger partial charge in [0.2, 0.25) is 0 Å². The zero-order chi connectivity index (χ0) is 14.9. The number of carbonyl (C=O) groups is 2. The molecule has 0 saturated carbocycles. The summed E-state index contributed by atoms with van der Waals surface area (Å²) in [5, 5.41) is 0.627. The lowest BCUT2D eigenvalue weighted by molar-refractivity contribution is 0.0999. The summed E-state index contributed by atoms with van der Waals surface area (Å²) in [5.74, 6) is -0.897. The van der Waals surface area contributed by atoms with Crippen LogP contribution in [0.3, 0.4) is 0 Å². The minimum Gasteiger partial charge on any atom is -0.397 e. The number of hydrogen-bond acceptors (Lipinski definition) is 6. The number of anilines is 2. The summed E-state index contributed by atoms with van der Waals surface area (Å²) in [7, 11) is 1.66. The van der Waals surface area contributed by atoms with Crippen molar-refractivity contribution in [2.75, 3.05) is 37.4 Å². The molecule has 0 bridgehead atoms. The van der Waals surface area contributed by atoms with Crippen LogP contribution >= 0.6 is 11.3 Å². The van der Waals surface area contributed by atoms with Gasteiger partial charge >= 0.3 is 0 Å². The molecule has 0 aromatic carbocycles. The number of thiophene rings is 1. The van der Waals surface area contributed by atoms with Crippen LogP contribution in [0.2, 0.25) is 0 Å². The maximum absolute atomic E-state index is 11.6. The van der Waals surface area contributed by atoms with E-state index in [9.17, 15) is 9.59 Å². The van der Waals surface area contributed by atoms with Crippen LogP contribution in [0.1, 0.15) is 26.5 Å². The van der Waals surface area contributed by atoms with Gasteiger partial charge in [-0.1, -0.05) is 0 Å². The molecule has 0 radical (unpaired) electrons. The van der Waals surface area contributed by atoms with Gasteiger partial charge < -0.3 is 26.8 Å². The fourth-order valence-corrected chi connectivity index (χ4v) is 3.58. The molecule has 110 valence electrons. The first kappa shape index (κ1) is 14.6. The Labute approximate surface area is 120 Å². The summed E-state index contributed by atoms with van der Waals surface area (Å²) in [6.45, 7) is 2.17. The van der Waals surface area contributed by atoms with Gasteiger partial charge in [0.25, 0.3) is 11.8 Å². The first-order chi connectivity index (χ1) is 9.45. The lowest BCUT2D eigenvalue weighted by atomic mass is 10.1. The van der Waals surface area contributed by atoms with Gasteiger partial charge in [0.05, 0.1) is 17.9 Å². The maximum atomic E-state index is 11.6. The summed E-state index contributed by atoms with van der Waals surface area (Å²) < 4.78 is 5.14. The highest BCUT2D eigenvalue weighted by Gasteiger charge is 2.30. The van der Waals surface area contributed by atoms with Crippen molar-refractivity contribution in [3.05, 3.63) is 10.4 Å². The summed E-state index contributed by atoms with van der Waals surface area (Å²) in [4.78, 5) is 25.1. The fraction of sp³-hybridized carbons (Fsp3) is 0.500. The molecule has 1 saturated heterocycles. The first-order valence-corrected chi connectivity index (χ1v) is 7.03. The molecule has 1 aromatic heterocycles. The van der Waals surface area contributed by atoms with Gasteiger partial charge in [-0.3, -0.25) is 9.59 Å². The summed E-state index contributed by atoms with van der Waals surface area (Å²) in [6.07, 6.45) is 0.954. The lowest BCUT2D eigenvalue weighted by Crippen LogP contribution is -2.24. The van der Waals surface area contributed by atoms with Gasteiger partial charge in [0.1, 0.15) is 9.88 Å². The van der Waals surface area contributed by atoms with Crippen molar-refractivity contribution in [3.8, 4) is 0 Å². The van der Waals surface area contributed by atoms with Crippen LogP contribution in [0, 0.1) is 5.92 Å². The number of rotatable bonds is 5. The Morgan fingerprint density at radius 2 is 2.10 bits per heavy atom. The third-order valence-electron chi connectivity index (χ3n) is 3.37. The SMILES string of the molecule is COCC1CCN(c2sc(C(N)=O)c(N)c2C(N)=O)C1. The molecule has 20 heavy (non-hydrogen) atoms. The standard InChI is InChI=1S/C12H18N4O3S/c1-19-5-6-2-3-16(4-6)12-7(10(14)17)8(13)9(20-12)11(15)18/h6H,2-5,13H2,1H3,(H2,14,17)(H2,15,18). The predicted octanol–water partition coefficient (Wildman–Crippen LogP) is 0.000800. The number of nitrogen functional groups attached to an aromatic ring is 1. The van der Waals surface area contributed by atoms with Gasteiger partial charge in [-0.25, -0.2) is 0 Å². The highest BCUT2D eigenvalue weighted by Crippen LogP contribution is 2.39. The van der Waals surface area contributed by atoms with E-state index in [0.717, 1.165) is 30.8 Å². The van der Waals surface area contributed by atoms with Gasteiger partial charge in [0, 0.05) is 26.1 Å². The van der Waals surface area contributed by atoms with Crippen molar-refractivity contribution >= 4 is 33.8 Å². The quantitative estimate of drug-likeness (QED) is 0.705. The zero-order valence-electron chi connectivity index (χ0n) is 11.2. The largest absolute Gasteiger partial charge is 0.397 e. The fourth-order valence-electron chi connectivity index (χ4n) is 2.46. The molecule has 1 aromatic rings. The normalized spacial score (nSPS) is 18.4. The zero-order valence-corrected chi connectivity index (χ0v) is 12.0. The predicted molar refractivity (Wildman–Crippen MR) is 78.0 cm³/mol. The van der Waals surface area contributed by atoms with Crippen LogP contribution in [0.5, 0.6) is 0 Å². The molecule has 1 aliphatic heterocycles. The van der Waals surface area contributed by atoms with E-state index in [1.165, 1.54) is 0 Å². The van der Waals surface area contributed by atoms with Crippen molar-refractivity contribution in [1.29, 1.82) is 0 Å².